The predicted octanol–water partition coefficient (Wildman–Crippen LogP) is 2.12. The van der Waals surface area contributed by atoms with E-state index >= 15 is 0 Å². The van der Waals surface area contributed by atoms with Gasteiger partial charge in [-0.15, -0.1) is 0 Å². The van der Waals surface area contributed by atoms with Crippen molar-refractivity contribution in [1.29, 1.82) is 0 Å². The quantitative estimate of drug-likeness (QED) is 0.570. The summed E-state index contributed by atoms with van der Waals surface area (Å²) < 4.78 is 7.78. The number of nitrogens with one attached hydrogen (secondary N) is 2. The SMILES string of the molecule is CN=C(NCCc1cnn(C)c1)NCc1ccccc1OCC1CC1. The van der Waals surface area contributed by atoms with Crippen LogP contribution in [0.5, 0.6) is 5.75 Å². The van der Waals surface area contributed by atoms with Crippen molar-refractivity contribution in [3.63, 3.8) is 0 Å². The van der Waals surface area contributed by atoms with Gasteiger partial charge in [-0.25, -0.2) is 0 Å². The van der Waals surface area contributed by atoms with Gasteiger partial charge in [-0.2, -0.15) is 5.10 Å². The molecule has 1 aliphatic carbocycles. The molecule has 1 aliphatic rings. The first-order valence-electron chi connectivity index (χ1n) is 8.87. The van der Waals surface area contributed by atoms with Gasteiger partial charge < -0.3 is 15.4 Å². The second-order valence-electron chi connectivity index (χ2n) is 6.49. The highest BCUT2D eigenvalue weighted by Crippen LogP contribution is 2.30. The van der Waals surface area contributed by atoms with Crippen molar-refractivity contribution in [3.8, 4) is 5.75 Å². The van der Waals surface area contributed by atoms with Gasteiger partial charge in [0.2, 0.25) is 0 Å². The van der Waals surface area contributed by atoms with E-state index in [1.54, 1.807) is 7.05 Å². The smallest absolute Gasteiger partial charge is 0.191 e. The summed E-state index contributed by atoms with van der Waals surface area (Å²) in [7, 11) is 3.72. The van der Waals surface area contributed by atoms with Gasteiger partial charge in [-0.3, -0.25) is 9.67 Å². The van der Waals surface area contributed by atoms with Crippen molar-refractivity contribution < 1.29 is 4.74 Å². The Hall–Kier alpha value is -2.50. The lowest BCUT2D eigenvalue weighted by Crippen LogP contribution is -2.37. The summed E-state index contributed by atoms with van der Waals surface area (Å²) in [5, 5.41) is 10.9. The number of rotatable bonds is 8. The molecule has 0 spiro atoms. The van der Waals surface area contributed by atoms with Crippen LogP contribution in [-0.2, 0) is 20.0 Å². The van der Waals surface area contributed by atoms with Crippen molar-refractivity contribution in [2.24, 2.45) is 18.0 Å². The van der Waals surface area contributed by atoms with Crippen molar-refractivity contribution in [2.75, 3.05) is 20.2 Å². The molecule has 0 unspecified atom stereocenters. The monoisotopic (exact) mass is 341 g/mol. The molecule has 2 N–H and O–H groups in total. The maximum absolute atomic E-state index is 5.96. The van der Waals surface area contributed by atoms with Gasteiger partial charge in [-0.1, -0.05) is 18.2 Å². The third-order valence-corrected chi connectivity index (χ3v) is 4.28. The number of benzene rings is 1. The Kier molecular flexibility index (Phi) is 5.93. The van der Waals surface area contributed by atoms with Crippen LogP contribution in [0.4, 0.5) is 0 Å². The fraction of sp³-hybridized carbons (Fsp3) is 0.474. The van der Waals surface area contributed by atoms with E-state index in [1.165, 1.54) is 18.4 Å². The van der Waals surface area contributed by atoms with Crippen LogP contribution in [0, 0.1) is 5.92 Å². The van der Waals surface area contributed by atoms with E-state index in [0.29, 0.717) is 6.54 Å². The van der Waals surface area contributed by atoms with Gasteiger partial charge in [0.1, 0.15) is 5.75 Å². The van der Waals surface area contributed by atoms with Crippen LogP contribution < -0.4 is 15.4 Å². The molecule has 2 aromatic rings. The molecule has 1 heterocycles. The molecular formula is C19H27N5O. The molecule has 3 rings (SSSR count). The fourth-order valence-electron chi connectivity index (χ4n) is 2.61. The van der Waals surface area contributed by atoms with E-state index in [-0.39, 0.29) is 0 Å². The summed E-state index contributed by atoms with van der Waals surface area (Å²) in [4.78, 5) is 4.29. The zero-order chi connectivity index (χ0) is 17.5. The predicted molar refractivity (Wildman–Crippen MR) is 99.8 cm³/mol. The third kappa shape index (κ3) is 5.52. The average molecular weight is 341 g/mol. The molecule has 0 aliphatic heterocycles. The third-order valence-electron chi connectivity index (χ3n) is 4.28. The van der Waals surface area contributed by atoms with E-state index < -0.39 is 0 Å². The summed E-state index contributed by atoms with van der Waals surface area (Å²) in [6.45, 7) is 2.33. The molecule has 0 saturated heterocycles. The minimum atomic E-state index is 0.688. The normalized spacial score (nSPS) is 14.4. The molecule has 0 bridgehead atoms. The van der Waals surface area contributed by atoms with Gasteiger partial charge in [0, 0.05) is 38.9 Å². The van der Waals surface area contributed by atoms with Crippen LogP contribution >= 0.6 is 0 Å². The van der Waals surface area contributed by atoms with Gasteiger partial charge in [0.05, 0.1) is 12.8 Å². The van der Waals surface area contributed by atoms with Crippen LogP contribution in [0.3, 0.4) is 0 Å². The number of aliphatic imine (C=N–C) groups is 1. The van der Waals surface area contributed by atoms with Crippen molar-refractivity contribution in [3.05, 3.63) is 47.8 Å². The van der Waals surface area contributed by atoms with E-state index in [9.17, 15) is 0 Å². The Morgan fingerprint density at radius 2 is 2.16 bits per heavy atom. The maximum Gasteiger partial charge on any atom is 0.191 e. The van der Waals surface area contributed by atoms with Crippen LogP contribution in [-0.4, -0.2) is 35.9 Å². The highest BCUT2D eigenvalue weighted by atomic mass is 16.5. The molecular weight excluding hydrogens is 314 g/mol. The minimum Gasteiger partial charge on any atom is -0.493 e. The molecule has 1 saturated carbocycles. The first kappa shape index (κ1) is 17.3. The zero-order valence-electron chi connectivity index (χ0n) is 15.0. The number of para-hydroxylation sites is 1. The van der Waals surface area contributed by atoms with Gasteiger partial charge in [-0.05, 0) is 36.8 Å². The Morgan fingerprint density at radius 1 is 1.32 bits per heavy atom. The average Bonchev–Trinajstić information content (AvgIpc) is 3.37. The maximum atomic E-state index is 5.96. The van der Waals surface area contributed by atoms with Crippen LogP contribution in [0.1, 0.15) is 24.0 Å². The molecule has 1 fully saturated rings. The molecule has 0 atom stereocenters. The molecule has 1 aromatic heterocycles. The van der Waals surface area contributed by atoms with Gasteiger partial charge in [0.15, 0.2) is 5.96 Å². The summed E-state index contributed by atoms with van der Waals surface area (Å²) in [6.07, 6.45) is 7.44. The van der Waals surface area contributed by atoms with Crippen LogP contribution in [0.2, 0.25) is 0 Å². The van der Waals surface area contributed by atoms with Crippen molar-refractivity contribution in [1.82, 2.24) is 20.4 Å². The zero-order valence-corrected chi connectivity index (χ0v) is 15.0. The molecule has 25 heavy (non-hydrogen) atoms. The number of hydrogen-bond donors (Lipinski definition) is 2. The van der Waals surface area contributed by atoms with Crippen LogP contribution in [0.25, 0.3) is 0 Å². The van der Waals surface area contributed by atoms with Gasteiger partial charge in [0.25, 0.3) is 0 Å². The van der Waals surface area contributed by atoms with E-state index in [2.05, 4.69) is 26.8 Å². The number of ether oxygens (including phenoxy) is 1. The minimum absolute atomic E-state index is 0.688. The number of nitrogens with zero attached hydrogens (tertiary/aromatic N) is 3. The molecule has 6 nitrogen and oxygen atoms in total. The number of guanidine groups is 1. The summed E-state index contributed by atoms with van der Waals surface area (Å²) in [6, 6.07) is 8.20. The summed E-state index contributed by atoms with van der Waals surface area (Å²) >= 11 is 0. The highest BCUT2D eigenvalue weighted by Gasteiger charge is 2.22. The second kappa shape index (κ2) is 8.55. The lowest BCUT2D eigenvalue weighted by molar-refractivity contribution is 0.296. The molecule has 6 heteroatoms. The number of aryl methyl sites for hydroxylation is 1. The first-order chi connectivity index (χ1) is 12.2. The van der Waals surface area contributed by atoms with E-state index in [4.69, 9.17) is 4.74 Å². The van der Waals surface area contributed by atoms with Crippen molar-refractivity contribution >= 4 is 5.96 Å². The molecule has 1 aromatic carbocycles. The van der Waals surface area contributed by atoms with E-state index in [0.717, 1.165) is 42.8 Å². The Labute approximate surface area is 149 Å². The lowest BCUT2D eigenvalue weighted by atomic mass is 10.2. The Morgan fingerprint density at radius 3 is 2.88 bits per heavy atom. The standard InChI is InChI=1S/C19H27N5O/c1-20-19(21-10-9-16-11-23-24(2)13-16)22-12-17-5-3-4-6-18(17)25-14-15-7-8-15/h3-6,11,13,15H,7-10,12,14H2,1-2H3,(H2,20,21,22). The Balaban J connectivity index is 1.45. The summed E-state index contributed by atoms with van der Waals surface area (Å²) in [5.74, 6) is 2.51. The Bertz CT molecular complexity index is 705. The molecule has 134 valence electrons. The largest absolute Gasteiger partial charge is 0.493 e. The second-order valence-corrected chi connectivity index (χ2v) is 6.49. The molecule has 0 radical (unpaired) electrons. The van der Waals surface area contributed by atoms with Gasteiger partial charge >= 0.3 is 0 Å². The first-order valence-corrected chi connectivity index (χ1v) is 8.87. The van der Waals surface area contributed by atoms with E-state index in [1.807, 2.05) is 42.3 Å². The number of aromatic nitrogens is 2. The lowest BCUT2D eigenvalue weighted by Gasteiger charge is -2.14. The highest BCUT2D eigenvalue weighted by molar-refractivity contribution is 5.79. The molecule has 0 amide bonds. The topological polar surface area (TPSA) is 63.5 Å². The fourth-order valence-corrected chi connectivity index (χ4v) is 2.61. The summed E-state index contributed by atoms with van der Waals surface area (Å²) in [5.41, 5.74) is 2.36. The number of hydrogen-bond acceptors (Lipinski definition) is 3. The van der Waals surface area contributed by atoms with Crippen LogP contribution in [0.15, 0.2) is 41.7 Å². The van der Waals surface area contributed by atoms with Crippen molar-refractivity contribution in [2.45, 2.75) is 25.8 Å².